The van der Waals surface area contributed by atoms with Crippen LogP contribution < -0.4 is 10.6 Å². The van der Waals surface area contributed by atoms with E-state index >= 15 is 0 Å². The number of aryl methyl sites for hydroxylation is 2. The number of likely N-dealkylation sites (N-methyl/N-ethyl adjacent to an activating group) is 1. The van der Waals surface area contributed by atoms with Gasteiger partial charge < -0.3 is 25.6 Å². The largest absolute Gasteiger partial charge is 0.387 e. The molecule has 1 aliphatic rings. The maximum absolute atomic E-state index is 12.1. The molecule has 1 saturated heterocycles. The van der Waals surface area contributed by atoms with E-state index in [1.165, 1.54) is 17.9 Å². The van der Waals surface area contributed by atoms with Crippen LogP contribution in [0.4, 0.5) is 5.82 Å². The Labute approximate surface area is 206 Å². The van der Waals surface area contributed by atoms with Gasteiger partial charge in [-0.05, 0) is 37.6 Å². The van der Waals surface area contributed by atoms with Crippen LogP contribution in [0.3, 0.4) is 0 Å². The van der Waals surface area contributed by atoms with Gasteiger partial charge in [0.15, 0.2) is 35.1 Å². The summed E-state index contributed by atoms with van der Waals surface area (Å²) < 4.78 is 7.24. The van der Waals surface area contributed by atoms with Crippen LogP contribution >= 0.6 is 0 Å². The Hall–Kier alpha value is -4.00. The number of aliphatic hydroxyl groups excluding tert-OH is 2. The number of carbonyl (C=O) groups excluding carboxylic acids is 1. The Morgan fingerprint density at radius 2 is 1.97 bits per heavy atom. The SMILES string of the molecule is CNC(=O)C1OC(n2cnc3c(NCc4cccc(C)n4)nc(-c4cncc(C)c4)nc32)C(O)C1O. The predicted molar refractivity (Wildman–Crippen MR) is 130 cm³/mol. The highest BCUT2D eigenvalue weighted by atomic mass is 16.6. The first-order chi connectivity index (χ1) is 17.4. The Morgan fingerprint density at radius 3 is 2.72 bits per heavy atom. The first kappa shape index (κ1) is 23.7. The van der Waals surface area contributed by atoms with Gasteiger partial charge in [0.25, 0.3) is 5.91 Å². The highest BCUT2D eigenvalue weighted by molar-refractivity contribution is 5.85. The maximum Gasteiger partial charge on any atom is 0.251 e. The van der Waals surface area contributed by atoms with Gasteiger partial charge in [-0.25, -0.2) is 15.0 Å². The van der Waals surface area contributed by atoms with Crippen LogP contribution in [0.15, 0.2) is 43.0 Å². The smallest absolute Gasteiger partial charge is 0.251 e. The lowest BCUT2D eigenvalue weighted by Crippen LogP contribution is -2.41. The monoisotopic (exact) mass is 490 g/mol. The van der Waals surface area contributed by atoms with E-state index in [4.69, 9.17) is 14.7 Å². The molecule has 4 aromatic heterocycles. The molecule has 1 aliphatic heterocycles. The third-order valence-corrected chi connectivity index (χ3v) is 5.95. The highest BCUT2D eigenvalue weighted by Crippen LogP contribution is 2.33. The second-order valence-electron chi connectivity index (χ2n) is 8.64. The normalized spacial score (nSPS) is 21.6. The minimum atomic E-state index is -1.42. The van der Waals surface area contributed by atoms with Gasteiger partial charge in [0.05, 0.1) is 18.6 Å². The van der Waals surface area contributed by atoms with Crippen molar-refractivity contribution in [2.24, 2.45) is 0 Å². The van der Waals surface area contributed by atoms with Crippen LogP contribution in [-0.4, -0.2) is 71.0 Å². The third-order valence-electron chi connectivity index (χ3n) is 5.95. The lowest BCUT2D eigenvalue weighted by atomic mass is 10.1. The summed E-state index contributed by atoms with van der Waals surface area (Å²) in [5, 5.41) is 26.8. The molecule has 5 heterocycles. The Balaban J connectivity index is 1.58. The first-order valence-electron chi connectivity index (χ1n) is 11.4. The molecular formula is C24H26N8O4. The molecule has 1 fully saturated rings. The summed E-state index contributed by atoms with van der Waals surface area (Å²) in [5.41, 5.74) is 4.14. The molecule has 0 radical (unpaired) electrons. The fourth-order valence-corrected chi connectivity index (χ4v) is 4.15. The van der Waals surface area contributed by atoms with Crippen LogP contribution in [0.2, 0.25) is 0 Å². The van der Waals surface area contributed by atoms with Gasteiger partial charge in [0.1, 0.15) is 12.2 Å². The van der Waals surface area contributed by atoms with Crippen LogP contribution in [0.5, 0.6) is 0 Å². The van der Waals surface area contributed by atoms with E-state index in [2.05, 4.69) is 25.6 Å². The average Bonchev–Trinajstić information content (AvgIpc) is 3.43. The second-order valence-corrected chi connectivity index (χ2v) is 8.64. The summed E-state index contributed by atoms with van der Waals surface area (Å²) in [5.74, 6) is 0.299. The molecule has 1 amide bonds. The molecule has 186 valence electrons. The Kier molecular flexibility index (Phi) is 6.31. The fourth-order valence-electron chi connectivity index (χ4n) is 4.15. The molecule has 0 bridgehead atoms. The van der Waals surface area contributed by atoms with Gasteiger partial charge in [-0.2, -0.15) is 0 Å². The number of nitrogens with one attached hydrogen (secondary N) is 2. The average molecular weight is 491 g/mol. The molecule has 0 spiro atoms. The van der Waals surface area contributed by atoms with Crippen molar-refractivity contribution in [3.05, 3.63) is 59.9 Å². The van der Waals surface area contributed by atoms with E-state index in [1.807, 2.05) is 38.1 Å². The zero-order valence-electron chi connectivity index (χ0n) is 20.0. The molecule has 4 N–H and O–H groups in total. The van der Waals surface area contributed by atoms with E-state index in [1.54, 1.807) is 12.4 Å². The predicted octanol–water partition coefficient (Wildman–Crippen LogP) is 0.877. The summed E-state index contributed by atoms with van der Waals surface area (Å²) in [4.78, 5) is 34.8. The number of fused-ring (bicyclic) bond motifs is 1. The van der Waals surface area contributed by atoms with Crippen molar-refractivity contribution >= 4 is 22.9 Å². The number of aliphatic hydroxyl groups is 2. The summed E-state index contributed by atoms with van der Waals surface area (Å²) in [6.45, 7) is 4.24. The Bertz CT molecular complexity index is 1420. The number of ether oxygens (including phenoxy) is 1. The third kappa shape index (κ3) is 4.37. The number of carbonyl (C=O) groups is 1. The van der Waals surface area contributed by atoms with Gasteiger partial charge >= 0.3 is 0 Å². The van der Waals surface area contributed by atoms with Gasteiger partial charge in [-0.15, -0.1) is 0 Å². The van der Waals surface area contributed by atoms with E-state index in [-0.39, 0.29) is 0 Å². The molecule has 12 nitrogen and oxygen atoms in total. The van der Waals surface area contributed by atoms with Gasteiger partial charge in [-0.1, -0.05) is 6.07 Å². The molecule has 4 unspecified atom stereocenters. The number of amides is 1. The van der Waals surface area contributed by atoms with Crippen LogP contribution in [0, 0.1) is 13.8 Å². The molecule has 0 aliphatic carbocycles. The van der Waals surface area contributed by atoms with E-state index < -0.39 is 30.4 Å². The summed E-state index contributed by atoms with van der Waals surface area (Å²) >= 11 is 0. The number of rotatable bonds is 6. The van der Waals surface area contributed by atoms with Crippen molar-refractivity contribution in [1.29, 1.82) is 0 Å². The molecule has 4 atom stereocenters. The van der Waals surface area contributed by atoms with E-state index in [0.717, 1.165) is 17.0 Å². The zero-order chi connectivity index (χ0) is 25.4. The minimum Gasteiger partial charge on any atom is -0.387 e. The van der Waals surface area contributed by atoms with E-state index in [0.29, 0.717) is 34.9 Å². The fraction of sp³-hybridized carbons (Fsp3) is 0.333. The maximum atomic E-state index is 12.1. The van der Waals surface area contributed by atoms with Crippen molar-refractivity contribution in [2.75, 3.05) is 12.4 Å². The van der Waals surface area contributed by atoms with Crippen LogP contribution in [0.25, 0.3) is 22.6 Å². The first-order valence-corrected chi connectivity index (χ1v) is 11.4. The number of hydrogen-bond donors (Lipinski definition) is 4. The topological polar surface area (TPSA) is 160 Å². The van der Waals surface area contributed by atoms with Crippen molar-refractivity contribution in [1.82, 2.24) is 34.8 Å². The van der Waals surface area contributed by atoms with E-state index in [9.17, 15) is 15.0 Å². The Morgan fingerprint density at radius 1 is 1.14 bits per heavy atom. The lowest BCUT2D eigenvalue weighted by molar-refractivity contribution is -0.137. The van der Waals surface area contributed by atoms with Crippen molar-refractivity contribution in [3.8, 4) is 11.4 Å². The van der Waals surface area contributed by atoms with Crippen molar-refractivity contribution in [3.63, 3.8) is 0 Å². The van der Waals surface area contributed by atoms with Gasteiger partial charge in [0, 0.05) is 30.7 Å². The second kappa shape index (κ2) is 9.57. The number of aromatic nitrogens is 6. The number of pyridine rings is 2. The summed E-state index contributed by atoms with van der Waals surface area (Å²) in [7, 11) is 1.43. The quantitative estimate of drug-likeness (QED) is 0.305. The van der Waals surface area contributed by atoms with Crippen LogP contribution in [-0.2, 0) is 16.1 Å². The van der Waals surface area contributed by atoms with Gasteiger partial charge in [-0.3, -0.25) is 19.3 Å². The molecular weight excluding hydrogens is 464 g/mol. The summed E-state index contributed by atoms with van der Waals surface area (Å²) in [6.07, 6.45) is -0.279. The van der Waals surface area contributed by atoms with Gasteiger partial charge in [0.2, 0.25) is 0 Å². The minimum absolute atomic E-state index is 0.356. The molecule has 12 heteroatoms. The molecule has 36 heavy (non-hydrogen) atoms. The number of anilines is 1. The number of imidazole rings is 1. The number of hydrogen-bond acceptors (Lipinski definition) is 10. The standard InChI is InChI=1S/C24H26N8O4/c1-12-7-14(9-26-8-12)20-30-21(27-10-15-6-4-5-13(2)29-15)16-22(31-20)32(11-28-16)24-18(34)17(33)19(36-24)23(35)25-3/h4-9,11,17-19,24,33-34H,10H2,1-3H3,(H,25,35)(H,27,30,31). The lowest BCUT2D eigenvalue weighted by Gasteiger charge is -2.17. The molecule has 0 aromatic carbocycles. The zero-order valence-corrected chi connectivity index (χ0v) is 20.0. The highest BCUT2D eigenvalue weighted by Gasteiger charge is 2.47. The number of nitrogens with zero attached hydrogens (tertiary/aromatic N) is 6. The van der Waals surface area contributed by atoms with Crippen molar-refractivity contribution < 1.29 is 19.7 Å². The molecule has 4 aromatic rings. The van der Waals surface area contributed by atoms with Crippen molar-refractivity contribution in [2.45, 2.75) is 44.9 Å². The molecule has 0 saturated carbocycles. The summed E-state index contributed by atoms with van der Waals surface area (Å²) in [6, 6.07) is 7.67. The molecule has 5 rings (SSSR count). The van der Waals surface area contributed by atoms with Crippen LogP contribution in [0.1, 0.15) is 23.2 Å².